The van der Waals surface area contributed by atoms with Gasteiger partial charge in [0.05, 0.1) is 0 Å². The molecule has 7 heavy (non-hydrogen) atoms. The van der Waals surface area contributed by atoms with Gasteiger partial charge in [-0.25, -0.2) is 0 Å². The molecule has 0 spiro atoms. The van der Waals surface area contributed by atoms with Gasteiger partial charge < -0.3 is 0 Å². The van der Waals surface area contributed by atoms with Crippen molar-refractivity contribution < 1.29 is 0 Å². The molecule has 0 aromatic heterocycles. The van der Waals surface area contributed by atoms with E-state index in [1.54, 1.807) is 0 Å². The summed E-state index contributed by atoms with van der Waals surface area (Å²) in [7, 11) is 0. The van der Waals surface area contributed by atoms with Crippen LogP contribution in [0.3, 0.4) is 0 Å². The summed E-state index contributed by atoms with van der Waals surface area (Å²) in [6.07, 6.45) is 0. The Bertz CT molecular complexity index is 57.1. The van der Waals surface area contributed by atoms with Gasteiger partial charge in [-0.3, -0.25) is 0 Å². The van der Waals surface area contributed by atoms with E-state index in [1.807, 2.05) is 0 Å². The molecule has 2 heteroatoms. The Morgan fingerprint density at radius 2 is 2.29 bits per heavy atom. The van der Waals surface area contributed by atoms with Gasteiger partial charge in [-0.1, -0.05) is 29.5 Å². The van der Waals surface area contributed by atoms with Crippen molar-refractivity contribution in [3.63, 3.8) is 0 Å². The van der Waals surface area contributed by atoms with E-state index >= 15 is 0 Å². The van der Waals surface area contributed by atoms with Crippen molar-refractivity contribution in [1.82, 2.24) is 0 Å². The standard InChI is InChI=1S/C5H9IS/c1-4-2-7-3-5(4)6/h4-5H,2-3H2,1H3/t4-,5-/m0/s1. The Morgan fingerprint density at radius 3 is 2.43 bits per heavy atom. The van der Waals surface area contributed by atoms with Crippen molar-refractivity contribution in [2.24, 2.45) is 5.92 Å². The molecule has 0 saturated carbocycles. The molecule has 0 radical (unpaired) electrons. The predicted molar refractivity (Wildman–Crippen MR) is 44.3 cm³/mol. The second kappa shape index (κ2) is 2.58. The van der Waals surface area contributed by atoms with Gasteiger partial charge >= 0.3 is 0 Å². The molecule has 0 aliphatic carbocycles. The van der Waals surface area contributed by atoms with Gasteiger partial charge in [0.1, 0.15) is 0 Å². The second-order valence-electron chi connectivity index (χ2n) is 2.03. The molecule has 1 saturated heterocycles. The Balaban J connectivity index is 2.33. The summed E-state index contributed by atoms with van der Waals surface area (Å²) in [5, 5.41) is 0. The minimum absolute atomic E-state index is 0.947. The van der Waals surface area contributed by atoms with Crippen LogP contribution in [0.4, 0.5) is 0 Å². The van der Waals surface area contributed by atoms with E-state index in [1.165, 1.54) is 11.5 Å². The average Bonchev–Trinajstić information content (AvgIpc) is 1.91. The Labute approximate surface area is 62.6 Å². The molecule has 1 aliphatic heterocycles. The molecule has 0 aromatic rings. The van der Waals surface area contributed by atoms with Gasteiger partial charge in [0.15, 0.2) is 0 Å². The molecule has 0 nitrogen and oxygen atoms in total. The monoisotopic (exact) mass is 228 g/mol. The van der Waals surface area contributed by atoms with Gasteiger partial charge in [-0.15, -0.1) is 0 Å². The van der Waals surface area contributed by atoms with Crippen molar-refractivity contribution in [3.05, 3.63) is 0 Å². The fourth-order valence-electron chi connectivity index (χ4n) is 0.635. The molecule has 0 unspecified atom stereocenters. The lowest BCUT2D eigenvalue weighted by Gasteiger charge is -2.01. The second-order valence-corrected chi connectivity index (χ2v) is 4.71. The number of rotatable bonds is 0. The van der Waals surface area contributed by atoms with Crippen molar-refractivity contribution in [3.8, 4) is 0 Å². The molecule has 2 atom stereocenters. The molecule has 1 heterocycles. The molecular weight excluding hydrogens is 219 g/mol. The molecule has 0 N–H and O–H groups in total. The summed E-state index contributed by atoms with van der Waals surface area (Å²) in [4.78, 5) is 0. The SMILES string of the molecule is C[C@H]1CSC[C@@H]1I. The average molecular weight is 228 g/mol. The van der Waals surface area contributed by atoms with Gasteiger partial charge in [0, 0.05) is 9.68 Å². The lowest BCUT2D eigenvalue weighted by atomic mass is 10.2. The lowest BCUT2D eigenvalue weighted by Crippen LogP contribution is -2.04. The number of alkyl halides is 1. The molecule has 1 rings (SSSR count). The highest BCUT2D eigenvalue weighted by molar-refractivity contribution is 14.1. The Hall–Kier alpha value is 1.08. The number of halogens is 1. The third-order valence-corrected chi connectivity index (χ3v) is 4.90. The third-order valence-electron chi connectivity index (χ3n) is 1.28. The van der Waals surface area contributed by atoms with Crippen LogP contribution in [-0.4, -0.2) is 15.4 Å². The van der Waals surface area contributed by atoms with Gasteiger partial charge in [-0.2, -0.15) is 11.8 Å². The van der Waals surface area contributed by atoms with E-state index in [0.29, 0.717) is 0 Å². The highest BCUT2D eigenvalue weighted by Crippen LogP contribution is 2.29. The summed E-state index contributed by atoms with van der Waals surface area (Å²) < 4.78 is 0.947. The highest BCUT2D eigenvalue weighted by atomic mass is 127. The zero-order chi connectivity index (χ0) is 5.28. The summed E-state index contributed by atoms with van der Waals surface area (Å²) in [6.45, 7) is 2.33. The van der Waals surface area contributed by atoms with Crippen LogP contribution in [0, 0.1) is 5.92 Å². The van der Waals surface area contributed by atoms with Gasteiger partial charge in [-0.05, 0) is 11.7 Å². The van der Waals surface area contributed by atoms with E-state index in [2.05, 4.69) is 41.3 Å². The van der Waals surface area contributed by atoms with Crippen LogP contribution in [0.15, 0.2) is 0 Å². The van der Waals surface area contributed by atoms with Crippen molar-refractivity contribution in [2.45, 2.75) is 10.8 Å². The van der Waals surface area contributed by atoms with E-state index in [4.69, 9.17) is 0 Å². The van der Waals surface area contributed by atoms with Crippen LogP contribution in [0.1, 0.15) is 6.92 Å². The first-order valence-electron chi connectivity index (χ1n) is 2.52. The number of hydrogen-bond donors (Lipinski definition) is 0. The number of hydrogen-bond acceptors (Lipinski definition) is 1. The maximum Gasteiger partial charge on any atom is 0.0234 e. The molecule has 1 fully saturated rings. The summed E-state index contributed by atoms with van der Waals surface area (Å²) in [6, 6.07) is 0. The first-order chi connectivity index (χ1) is 3.30. The first-order valence-corrected chi connectivity index (χ1v) is 4.92. The normalized spacial score (nSPS) is 42.0. The lowest BCUT2D eigenvalue weighted by molar-refractivity contribution is 0.704. The summed E-state index contributed by atoms with van der Waals surface area (Å²) in [5.74, 6) is 3.72. The molecule has 0 amide bonds. The topological polar surface area (TPSA) is 0 Å². The molecule has 42 valence electrons. The predicted octanol–water partition coefficient (Wildman–Crippen LogP) is 2.17. The zero-order valence-corrected chi connectivity index (χ0v) is 7.33. The first kappa shape index (κ1) is 6.20. The maximum absolute atomic E-state index is 2.54. The molecule has 1 aliphatic rings. The van der Waals surface area contributed by atoms with Crippen LogP contribution in [0.5, 0.6) is 0 Å². The van der Waals surface area contributed by atoms with Crippen LogP contribution in [-0.2, 0) is 0 Å². The quantitative estimate of drug-likeness (QED) is 0.452. The van der Waals surface area contributed by atoms with E-state index in [-0.39, 0.29) is 0 Å². The van der Waals surface area contributed by atoms with Crippen molar-refractivity contribution in [2.75, 3.05) is 11.5 Å². The van der Waals surface area contributed by atoms with E-state index in [9.17, 15) is 0 Å². The maximum atomic E-state index is 2.54. The van der Waals surface area contributed by atoms with Crippen LogP contribution >= 0.6 is 34.4 Å². The van der Waals surface area contributed by atoms with Crippen molar-refractivity contribution in [1.29, 1.82) is 0 Å². The van der Waals surface area contributed by atoms with Crippen molar-refractivity contribution >= 4 is 34.4 Å². The zero-order valence-electron chi connectivity index (χ0n) is 4.36. The fraction of sp³-hybridized carbons (Fsp3) is 1.00. The molecule has 0 bridgehead atoms. The van der Waals surface area contributed by atoms with Crippen LogP contribution in [0.2, 0.25) is 0 Å². The van der Waals surface area contributed by atoms with E-state index in [0.717, 1.165) is 9.84 Å². The minimum atomic E-state index is 0.947. The third kappa shape index (κ3) is 1.49. The summed E-state index contributed by atoms with van der Waals surface area (Å²) in [5.41, 5.74) is 0. The Morgan fingerprint density at radius 1 is 1.57 bits per heavy atom. The highest BCUT2D eigenvalue weighted by Gasteiger charge is 2.19. The number of thioether (sulfide) groups is 1. The van der Waals surface area contributed by atoms with E-state index < -0.39 is 0 Å². The van der Waals surface area contributed by atoms with Gasteiger partial charge in [0.25, 0.3) is 0 Å². The fourth-order valence-corrected chi connectivity index (χ4v) is 3.29. The van der Waals surface area contributed by atoms with Crippen LogP contribution < -0.4 is 0 Å². The molecular formula is C5H9IS. The van der Waals surface area contributed by atoms with Crippen LogP contribution in [0.25, 0.3) is 0 Å². The minimum Gasteiger partial charge on any atom is -0.161 e. The molecule has 0 aromatic carbocycles. The smallest absolute Gasteiger partial charge is 0.0234 e. The van der Waals surface area contributed by atoms with Gasteiger partial charge in [0.2, 0.25) is 0 Å². The largest absolute Gasteiger partial charge is 0.161 e. The Kier molecular flexibility index (Phi) is 2.28. The summed E-state index contributed by atoms with van der Waals surface area (Å²) >= 11 is 4.62.